The number of rotatable bonds is 6. The molecule has 140 valence electrons. The van der Waals surface area contributed by atoms with Gasteiger partial charge in [0.1, 0.15) is 5.76 Å². The number of aromatic nitrogens is 1. The van der Waals surface area contributed by atoms with Crippen LogP contribution in [0.1, 0.15) is 22.6 Å². The molecule has 0 aliphatic heterocycles. The lowest BCUT2D eigenvalue weighted by Crippen LogP contribution is -2.13. The van der Waals surface area contributed by atoms with Crippen molar-refractivity contribution in [2.24, 2.45) is 0 Å². The zero-order chi connectivity index (χ0) is 17.9. The minimum absolute atomic E-state index is 0. The Labute approximate surface area is 170 Å². The maximum atomic E-state index is 6.39. The fourth-order valence-corrected chi connectivity index (χ4v) is 3.65. The molecule has 0 amide bonds. The molecule has 4 rings (SSSR count). The van der Waals surface area contributed by atoms with Crippen LogP contribution in [0.25, 0.3) is 10.9 Å². The molecule has 0 fully saturated rings. The first-order valence-corrected chi connectivity index (χ1v) is 9.15. The Bertz CT molecular complexity index is 1020. The first-order valence-electron chi connectivity index (χ1n) is 8.77. The van der Waals surface area contributed by atoms with Crippen LogP contribution in [0.3, 0.4) is 0 Å². The summed E-state index contributed by atoms with van der Waals surface area (Å²) in [5.41, 5.74) is 4.95. The highest BCUT2D eigenvalue weighted by molar-refractivity contribution is 6.31. The van der Waals surface area contributed by atoms with Gasteiger partial charge in [0.05, 0.1) is 12.8 Å². The molecular formula is C22H22Cl2N2O. The van der Waals surface area contributed by atoms with Crippen molar-refractivity contribution in [2.75, 3.05) is 0 Å². The Morgan fingerprint density at radius 1 is 0.963 bits per heavy atom. The summed E-state index contributed by atoms with van der Waals surface area (Å²) in [6.45, 7) is 4.46. The Kier molecular flexibility index (Phi) is 6.27. The third-order valence-electron chi connectivity index (χ3n) is 4.83. The maximum absolute atomic E-state index is 6.39. The largest absolute Gasteiger partial charge is 0.468 e. The summed E-state index contributed by atoms with van der Waals surface area (Å²) in [6.07, 6.45) is 1.71. The van der Waals surface area contributed by atoms with Gasteiger partial charge >= 0.3 is 0 Å². The van der Waals surface area contributed by atoms with Gasteiger partial charge in [-0.3, -0.25) is 0 Å². The average Bonchev–Trinajstić information content (AvgIpc) is 3.26. The Morgan fingerprint density at radius 3 is 2.52 bits per heavy atom. The SMILES string of the molecule is Cc1c(CNCc2ccco2)c2ccccc2n1Cc1ccccc1Cl.Cl. The van der Waals surface area contributed by atoms with Crippen LogP contribution in [0.4, 0.5) is 0 Å². The van der Waals surface area contributed by atoms with E-state index in [0.29, 0.717) is 0 Å². The van der Waals surface area contributed by atoms with Crippen molar-refractivity contribution in [3.8, 4) is 0 Å². The molecule has 0 radical (unpaired) electrons. The van der Waals surface area contributed by atoms with Crippen molar-refractivity contribution >= 4 is 34.9 Å². The van der Waals surface area contributed by atoms with E-state index in [1.807, 2.05) is 30.3 Å². The second kappa shape index (κ2) is 8.66. The molecule has 0 atom stereocenters. The molecule has 0 bridgehead atoms. The van der Waals surface area contributed by atoms with Gasteiger partial charge in [0.25, 0.3) is 0 Å². The summed E-state index contributed by atoms with van der Waals surface area (Å²) in [5.74, 6) is 0.947. The van der Waals surface area contributed by atoms with Crippen molar-refractivity contribution in [3.63, 3.8) is 0 Å². The molecule has 0 unspecified atom stereocenters. The third-order valence-corrected chi connectivity index (χ3v) is 5.20. The smallest absolute Gasteiger partial charge is 0.117 e. The van der Waals surface area contributed by atoms with Crippen LogP contribution in [0.2, 0.25) is 5.02 Å². The fourth-order valence-electron chi connectivity index (χ4n) is 3.45. The molecule has 3 nitrogen and oxygen atoms in total. The van der Waals surface area contributed by atoms with Gasteiger partial charge in [-0.1, -0.05) is 48.0 Å². The first-order chi connectivity index (χ1) is 12.7. The average molecular weight is 401 g/mol. The molecule has 2 aromatic carbocycles. The van der Waals surface area contributed by atoms with Crippen LogP contribution in [-0.4, -0.2) is 4.57 Å². The third kappa shape index (κ3) is 4.06. The van der Waals surface area contributed by atoms with Crippen molar-refractivity contribution in [1.29, 1.82) is 0 Å². The number of furan rings is 1. The van der Waals surface area contributed by atoms with Crippen LogP contribution in [0.15, 0.2) is 71.3 Å². The molecule has 0 aliphatic carbocycles. The minimum Gasteiger partial charge on any atom is -0.468 e. The summed E-state index contributed by atoms with van der Waals surface area (Å²) < 4.78 is 7.75. The van der Waals surface area contributed by atoms with Crippen molar-refractivity contribution in [3.05, 3.63) is 94.5 Å². The van der Waals surface area contributed by atoms with Gasteiger partial charge in [-0.25, -0.2) is 0 Å². The van der Waals surface area contributed by atoms with E-state index in [2.05, 4.69) is 47.1 Å². The molecular weight excluding hydrogens is 379 g/mol. The first kappa shape index (κ1) is 19.6. The van der Waals surface area contributed by atoms with E-state index in [-0.39, 0.29) is 12.4 Å². The second-order valence-corrected chi connectivity index (χ2v) is 6.85. The lowest BCUT2D eigenvalue weighted by molar-refractivity contribution is 0.483. The summed E-state index contributed by atoms with van der Waals surface area (Å²) in [6, 6.07) is 20.5. The normalized spacial score (nSPS) is 10.9. The Balaban J connectivity index is 0.00000210. The molecule has 2 heterocycles. The number of hydrogen-bond acceptors (Lipinski definition) is 2. The van der Waals surface area contributed by atoms with E-state index >= 15 is 0 Å². The van der Waals surface area contributed by atoms with Crippen LogP contribution < -0.4 is 5.32 Å². The van der Waals surface area contributed by atoms with E-state index in [1.165, 1.54) is 22.2 Å². The molecule has 0 spiro atoms. The highest BCUT2D eigenvalue weighted by Gasteiger charge is 2.14. The van der Waals surface area contributed by atoms with Crippen LogP contribution >= 0.6 is 24.0 Å². The number of nitrogens with zero attached hydrogens (tertiary/aromatic N) is 1. The van der Waals surface area contributed by atoms with Gasteiger partial charge in [-0.15, -0.1) is 12.4 Å². The minimum atomic E-state index is 0. The summed E-state index contributed by atoms with van der Waals surface area (Å²) >= 11 is 6.39. The molecule has 27 heavy (non-hydrogen) atoms. The second-order valence-electron chi connectivity index (χ2n) is 6.44. The van der Waals surface area contributed by atoms with Gasteiger partial charge < -0.3 is 14.3 Å². The summed E-state index contributed by atoms with van der Waals surface area (Å²) in [7, 11) is 0. The molecule has 2 aromatic heterocycles. The monoisotopic (exact) mass is 400 g/mol. The van der Waals surface area contributed by atoms with Gasteiger partial charge in [0.2, 0.25) is 0 Å². The lowest BCUT2D eigenvalue weighted by atomic mass is 10.1. The highest BCUT2D eigenvalue weighted by atomic mass is 35.5. The summed E-state index contributed by atoms with van der Waals surface area (Å²) in [5, 5.41) is 5.58. The quantitative estimate of drug-likeness (QED) is 0.432. The summed E-state index contributed by atoms with van der Waals surface area (Å²) in [4.78, 5) is 0. The van der Waals surface area contributed by atoms with Gasteiger partial charge in [-0.2, -0.15) is 0 Å². The number of hydrogen-bond donors (Lipinski definition) is 1. The van der Waals surface area contributed by atoms with Crippen LogP contribution in [0.5, 0.6) is 0 Å². The number of benzene rings is 2. The van der Waals surface area contributed by atoms with E-state index < -0.39 is 0 Å². The Hall–Kier alpha value is -2.20. The topological polar surface area (TPSA) is 30.1 Å². The van der Waals surface area contributed by atoms with Gasteiger partial charge in [0.15, 0.2) is 0 Å². The predicted molar refractivity (Wildman–Crippen MR) is 114 cm³/mol. The van der Waals surface area contributed by atoms with Crippen molar-refractivity contribution in [2.45, 2.75) is 26.6 Å². The van der Waals surface area contributed by atoms with Crippen LogP contribution in [-0.2, 0) is 19.6 Å². The Morgan fingerprint density at radius 2 is 1.74 bits per heavy atom. The molecule has 4 aromatic rings. The molecule has 0 saturated carbocycles. The lowest BCUT2D eigenvalue weighted by Gasteiger charge is -2.11. The van der Waals surface area contributed by atoms with Crippen LogP contribution in [0, 0.1) is 6.92 Å². The fraction of sp³-hybridized carbons (Fsp3) is 0.182. The van der Waals surface area contributed by atoms with Gasteiger partial charge in [0, 0.05) is 34.7 Å². The molecule has 0 saturated heterocycles. The zero-order valence-corrected chi connectivity index (χ0v) is 16.7. The number of para-hydroxylation sites is 1. The van der Waals surface area contributed by atoms with E-state index in [4.69, 9.17) is 16.0 Å². The number of fused-ring (bicyclic) bond motifs is 1. The van der Waals surface area contributed by atoms with E-state index in [1.54, 1.807) is 6.26 Å². The zero-order valence-electron chi connectivity index (χ0n) is 15.1. The van der Waals surface area contributed by atoms with Crippen molar-refractivity contribution in [1.82, 2.24) is 9.88 Å². The van der Waals surface area contributed by atoms with E-state index in [0.717, 1.165) is 36.0 Å². The number of nitrogens with one attached hydrogen (secondary N) is 1. The van der Waals surface area contributed by atoms with Crippen molar-refractivity contribution < 1.29 is 4.42 Å². The molecule has 5 heteroatoms. The van der Waals surface area contributed by atoms with E-state index in [9.17, 15) is 0 Å². The molecule has 0 aliphatic rings. The van der Waals surface area contributed by atoms with Gasteiger partial charge in [-0.05, 0) is 42.3 Å². The predicted octanol–water partition coefficient (Wildman–Crippen LogP) is 5.96. The highest BCUT2D eigenvalue weighted by Crippen LogP contribution is 2.28. The number of halogens is 2. The maximum Gasteiger partial charge on any atom is 0.117 e. The standard InChI is InChI=1S/C22H21ClN2O.ClH/c1-16-20(14-24-13-18-8-6-12-26-18)19-9-3-5-11-22(19)25(16)15-17-7-2-4-10-21(17)23;/h2-12,24H,13-15H2,1H3;1H. The molecule has 1 N–H and O–H groups in total.